The van der Waals surface area contributed by atoms with Crippen molar-refractivity contribution in [3.05, 3.63) is 47.3 Å². The number of benzene rings is 1. The summed E-state index contributed by atoms with van der Waals surface area (Å²) in [6.07, 6.45) is 6.25. The van der Waals surface area contributed by atoms with Crippen molar-refractivity contribution in [2.45, 2.75) is 51.1 Å². The van der Waals surface area contributed by atoms with Gasteiger partial charge < -0.3 is 22.5 Å². The molecule has 0 amide bonds. The van der Waals surface area contributed by atoms with Gasteiger partial charge in [0.2, 0.25) is 0 Å². The van der Waals surface area contributed by atoms with Gasteiger partial charge in [0.1, 0.15) is 5.82 Å². The summed E-state index contributed by atoms with van der Waals surface area (Å²) in [4.78, 5) is 4.91. The maximum atomic E-state index is 6.16. The molecule has 7 N–H and O–H groups in total. The van der Waals surface area contributed by atoms with Gasteiger partial charge >= 0.3 is 0 Å². The zero-order chi connectivity index (χ0) is 19.0. The molecule has 1 aliphatic carbocycles. The summed E-state index contributed by atoms with van der Waals surface area (Å²) in [7, 11) is 0. The molecule has 2 aromatic heterocycles. The van der Waals surface area contributed by atoms with Gasteiger partial charge in [0.15, 0.2) is 5.65 Å². The van der Waals surface area contributed by atoms with Crippen LogP contribution in [0.5, 0.6) is 0 Å². The highest BCUT2D eigenvalue weighted by Gasteiger charge is 2.23. The van der Waals surface area contributed by atoms with E-state index in [0.29, 0.717) is 24.3 Å². The standard InChI is InChI=1S/C20H27N7/c1-12-18(24-16-8-2-13(10-21)3-9-16)20-25-17(11-27(20)26-19(12)23)14-4-6-15(22)7-5-14/h2-3,8-9,11,14-15,24H,4-7,10,21-22H2,1H3,(H2,23,26)/t14-,15-. The van der Waals surface area contributed by atoms with Gasteiger partial charge in [-0.1, -0.05) is 12.1 Å². The van der Waals surface area contributed by atoms with Gasteiger partial charge in [-0.15, -0.1) is 5.10 Å². The van der Waals surface area contributed by atoms with E-state index >= 15 is 0 Å². The number of anilines is 3. The van der Waals surface area contributed by atoms with Crippen molar-refractivity contribution in [2.75, 3.05) is 11.1 Å². The smallest absolute Gasteiger partial charge is 0.177 e. The quantitative estimate of drug-likeness (QED) is 0.564. The van der Waals surface area contributed by atoms with E-state index < -0.39 is 0 Å². The minimum atomic E-state index is 0.322. The number of nitrogen functional groups attached to an aromatic ring is 1. The van der Waals surface area contributed by atoms with Gasteiger partial charge in [0.05, 0.1) is 17.6 Å². The summed E-state index contributed by atoms with van der Waals surface area (Å²) in [5, 5.41) is 7.95. The average molecular weight is 365 g/mol. The molecule has 0 bridgehead atoms. The van der Waals surface area contributed by atoms with Crippen molar-refractivity contribution in [1.29, 1.82) is 0 Å². The summed E-state index contributed by atoms with van der Waals surface area (Å²) < 4.78 is 1.79. The van der Waals surface area contributed by atoms with Crippen molar-refractivity contribution in [1.82, 2.24) is 14.6 Å². The second-order valence-corrected chi connectivity index (χ2v) is 7.46. The lowest BCUT2D eigenvalue weighted by atomic mass is 9.85. The molecule has 7 heteroatoms. The Hall–Kier alpha value is -2.64. The molecule has 0 spiro atoms. The van der Waals surface area contributed by atoms with Gasteiger partial charge in [-0.05, 0) is 50.3 Å². The summed E-state index contributed by atoms with van der Waals surface area (Å²) in [5.74, 6) is 0.933. The van der Waals surface area contributed by atoms with Crippen LogP contribution in [0.2, 0.25) is 0 Å². The normalized spacial score (nSPS) is 20.1. The fourth-order valence-electron chi connectivity index (χ4n) is 3.75. The van der Waals surface area contributed by atoms with Crippen LogP contribution in [0.3, 0.4) is 0 Å². The molecule has 0 radical (unpaired) electrons. The molecule has 1 fully saturated rings. The van der Waals surface area contributed by atoms with Crippen LogP contribution in [-0.2, 0) is 6.54 Å². The molecule has 0 atom stereocenters. The third-order valence-corrected chi connectivity index (χ3v) is 5.55. The van der Waals surface area contributed by atoms with E-state index in [9.17, 15) is 0 Å². The molecule has 1 saturated carbocycles. The predicted molar refractivity (Wildman–Crippen MR) is 109 cm³/mol. The van der Waals surface area contributed by atoms with Gasteiger partial charge in [0, 0.05) is 29.8 Å². The van der Waals surface area contributed by atoms with Crippen molar-refractivity contribution >= 4 is 22.8 Å². The third-order valence-electron chi connectivity index (χ3n) is 5.55. The van der Waals surface area contributed by atoms with Crippen LogP contribution in [-0.4, -0.2) is 20.6 Å². The van der Waals surface area contributed by atoms with Gasteiger partial charge in [-0.2, -0.15) is 0 Å². The van der Waals surface area contributed by atoms with E-state index in [1.165, 1.54) is 0 Å². The van der Waals surface area contributed by atoms with Crippen molar-refractivity contribution in [2.24, 2.45) is 11.5 Å². The summed E-state index contributed by atoms with van der Waals surface area (Å²) in [6, 6.07) is 8.38. The molecule has 27 heavy (non-hydrogen) atoms. The highest BCUT2D eigenvalue weighted by atomic mass is 15.3. The van der Waals surface area contributed by atoms with Crippen LogP contribution in [0.4, 0.5) is 17.2 Å². The highest BCUT2D eigenvalue weighted by Crippen LogP contribution is 2.34. The Morgan fingerprint density at radius 1 is 1.15 bits per heavy atom. The molecular formula is C20H27N7. The topological polar surface area (TPSA) is 120 Å². The lowest BCUT2D eigenvalue weighted by Crippen LogP contribution is -2.25. The fraction of sp³-hybridized carbons (Fsp3) is 0.400. The van der Waals surface area contributed by atoms with Gasteiger partial charge in [-0.25, -0.2) is 9.50 Å². The van der Waals surface area contributed by atoms with Crippen molar-refractivity contribution in [3.63, 3.8) is 0 Å². The van der Waals surface area contributed by atoms with E-state index in [1.807, 2.05) is 37.4 Å². The summed E-state index contributed by atoms with van der Waals surface area (Å²) in [5.41, 5.74) is 23.6. The maximum absolute atomic E-state index is 6.16. The first-order chi connectivity index (χ1) is 13.0. The highest BCUT2D eigenvalue weighted by molar-refractivity contribution is 5.79. The van der Waals surface area contributed by atoms with E-state index in [2.05, 4.69) is 10.4 Å². The first-order valence-corrected chi connectivity index (χ1v) is 9.52. The Morgan fingerprint density at radius 2 is 1.85 bits per heavy atom. The summed E-state index contributed by atoms with van der Waals surface area (Å²) in [6.45, 7) is 2.49. The minimum Gasteiger partial charge on any atom is -0.382 e. The molecule has 0 aliphatic heterocycles. The monoisotopic (exact) mass is 365 g/mol. The zero-order valence-electron chi connectivity index (χ0n) is 15.7. The number of aromatic nitrogens is 3. The second kappa shape index (κ2) is 7.17. The fourth-order valence-corrected chi connectivity index (χ4v) is 3.75. The van der Waals surface area contributed by atoms with Crippen molar-refractivity contribution in [3.8, 4) is 0 Å². The molecule has 1 aromatic carbocycles. The number of rotatable bonds is 4. The zero-order valence-corrected chi connectivity index (χ0v) is 15.7. The largest absolute Gasteiger partial charge is 0.382 e. The van der Waals surface area contributed by atoms with Crippen LogP contribution in [0.25, 0.3) is 5.65 Å². The molecule has 0 unspecified atom stereocenters. The first-order valence-electron chi connectivity index (χ1n) is 9.52. The SMILES string of the molecule is Cc1c(N)nn2cc([C@H]3CC[C@H](N)CC3)nc2c1Nc1ccc(CN)cc1. The number of hydrogen-bond acceptors (Lipinski definition) is 6. The molecule has 0 saturated heterocycles. The summed E-state index contributed by atoms with van der Waals surface area (Å²) >= 11 is 0. The maximum Gasteiger partial charge on any atom is 0.177 e. The van der Waals surface area contributed by atoms with E-state index in [-0.39, 0.29) is 0 Å². The van der Waals surface area contributed by atoms with Crippen LogP contribution in [0.15, 0.2) is 30.5 Å². The van der Waals surface area contributed by atoms with E-state index in [0.717, 1.165) is 59.5 Å². The van der Waals surface area contributed by atoms with Crippen LogP contribution < -0.4 is 22.5 Å². The number of nitrogens with two attached hydrogens (primary N) is 3. The Morgan fingerprint density at radius 3 is 2.52 bits per heavy atom. The number of nitrogens with zero attached hydrogens (tertiary/aromatic N) is 3. The molecule has 2 heterocycles. The Labute approximate surface area is 158 Å². The Bertz CT molecular complexity index is 937. The number of fused-ring (bicyclic) bond motifs is 1. The third kappa shape index (κ3) is 3.48. The van der Waals surface area contributed by atoms with Crippen molar-refractivity contribution < 1.29 is 0 Å². The van der Waals surface area contributed by atoms with Gasteiger partial charge in [0.25, 0.3) is 0 Å². The van der Waals surface area contributed by atoms with Gasteiger partial charge in [-0.3, -0.25) is 0 Å². The van der Waals surface area contributed by atoms with E-state index in [4.69, 9.17) is 22.2 Å². The number of imidazole rings is 1. The molecule has 142 valence electrons. The molecule has 7 nitrogen and oxygen atoms in total. The van der Waals surface area contributed by atoms with Crippen LogP contribution in [0.1, 0.15) is 48.4 Å². The minimum absolute atomic E-state index is 0.322. The lowest BCUT2D eigenvalue weighted by molar-refractivity contribution is 0.391. The molecule has 1 aliphatic rings. The van der Waals surface area contributed by atoms with Crippen LogP contribution >= 0.6 is 0 Å². The first kappa shape index (κ1) is 17.8. The molecule has 4 rings (SSSR count). The number of nitrogens with one attached hydrogen (secondary N) is 1. The average Bonchev–Trinajstić information content (AvgIpc) is 3.10. The Kier molecular flexibility index (Phi) is 4.72. The van der Waals surface area contributed by atoms with Crippen LogP contribution in [0, 0.1) is 6.92 Å². The second-order valence-electron chi connectivity index (χ2n) is 7.46. The predicted octanol–water partition coefficient (Wildman–Crippen LogP) is 2.81. The lowest BCUT2D eigenvalue weighted by Gasteiger charge is -2.24. The molecular weight excluding hydrogens is 338 g/mol. The molecule has 3 aromatic rings. The number of hydrogen-bond donors (Lipinski definition) is 4. The van der Waals surface area contributed by atoms with E-state index in [1.54, 1.807) is 4.52 Å². The Balaban J connectivity index is 1.70.